The number of morpholine rings is 1. The molecule has 0 radical (unpaired) electrons. The van der Waals surface area contributed by atoms with Gasteiger partial charge in [0.05, 0.1) is 19.0 Å². The number of ether oxygens (including phenoxy) is 1. The van der Waals surface area contributed by atoms with Crippen LogP contribution in [0.25, 0.3) is 11.4 Å². The van der Waals surface area contributed by atoms with Crippen molar-refractivity contribution < 1.29 is 9.53 Å². The minimum atomic E-state index is 0.116. The van der Waals surface area contributed by atoms with Crippen LogP contribution in [0.5, 0.6) is 0 Å². The van der Waals surface area contributed by atoms with Crippen LogP contribution in [0.4, 0.5) is 0 Å². The van der Waals surface area contributed by atoms with Crippen LogP contribution >= 0.6 is 23.4 Å². The van der Waals surface area contributed by atoms with E-state index in [1.54, 1.807) is 0 Å². The van der Waals surface area contributed by atoms with Gasteiger partial charge in [0, 0.05) is 30.2 Å². The van der Waals surface area contributed by atoms with Gasteiger partial charge >= 0.3 is 0 Å². The third-order valence-electron chi connectivity index (χ3n) is 4.06. The molecule has 1 aliphatic rings. The summed E-state index contributed by atoms with van der Waals surface area (Å²) in [6, 6.07) is 7.58. The number of hydrogen-bond donors (Lipinski definition) is 0. The number of thioether (sulfide) groups is 1. The highest BCUT2D eigenvalue weighted by Crippen LogP contribution is 2.26. The molecule has 8 heteroatoms. The van der Waals surface area contributed by atoms with E-state index in [0.717, 1.165) is 23.1 Å². The molecular formula is C18H23ClN4O2S. The van der Waals surface area contributed by atoms with Crippen molar-refractivity contribution in [3.63, 3.8) is 0 Å². The molecule has 2 aromatic rings. The van der Waals surface area contributed by atoms with Crippen LogP contribution in [-0.4, -0.2) is 57.6 Å². The molecule has 1 amide bonds. The molecule has 0 atom stereocenters. The van der Waals surface area contributed by atoms with E-state index in [1.807, 2.05) is 29.2 Å². The quantitative estimate of drug-likeness (QED) is 0.704. The Hall–Kier alpha value is -1.57. The maximum Gasteiger partial charge on any atom is 0.233 e. The fourth-order valence-corrected chi connectivity index (χ4v) is 3.74. The van der Waals surface area contributed by atoms with E-state index >= 15 is 0 Å². The van der Waals surface area contributed by atoms with E-state index in [9.17, 15) is 4.79 Å². The summed E-state index contributed by atoms with van der Waals surface area (Å²) in [5.41, 5.74) is 0.967. The first-order chi connectivity index (χ1) is 12.5. The molecule has 0 aliphatic carbocycles. The van der Waals surface area contributed by atoms with Gasteiger partial charge in [-0.2, -0.15) is 0 Å². The van der Waals surface area contributed by atoms with Crippen LogP contribution in [0, 0.1) is 5.92 Å². The molecule has 0 saturated carbocycles. The van der Waals surface area contributed by atoms with E-state index in [1.165, 1.54) is 11.8 Å². The second kappa shape index (κ2) is 8.88. The molecule has 0 unspecified atom stereocenters. The Balaban J connectivity index is 1.75. The predicted octanol–water partition coefficient (Wildman–Crippen LogP) is 3.21. The fraction of sp³-hybridized carbons (Fsp3) is 0.500. The Morgan fingerprint density at radius 1 is 1.23 bits per heavy atom. The molecule has 2 heterocycles. The number of hydrogen-bond acceptors (Lipinski definition) is 5. The summed E-state index contributed by atoms with van der Waals surface area (Å²) in [4.78, 5) is 14.2. The first-order valence-electron chi connectivity index (χ1n) is 8.72. The highest BCUT2D eigenvalue weighted by Gasteiger charge is 2.20. The molecule has 0 spiro atoms. The molecule has 1 fully saturated rings. The second-order valence-electron chi connectivity index (χ2n) is 6.60. The van der Waals surface area contributed by atoms with Gasteiger partial charge in [-0.15, -0.1) is 10.2 Å². The van der Waals surface area contributed by atoms with Gasteiger partial charge < -0.3 is 14.2 Å². The van der Waals surface area contributed by atoms with E-state index in [4.69, 9.17) is 16.3 Å². The first kappa shape index (κ1) is 19.2. The zero-order valence-corrected chi connectivity index (χ0v) is 16.6. The third kappa shape index (κ3) is 4.78. The molecule has 0 N–H and O–H groups in total. The van der Waals surface area contributed by atoms with Crippen molar-refractivity contribution >= 4 is 29.3 Å². The Labute approximate surface area is 162 Å². The second-order valence-corrected chi connectivity index (χ2v) is 7.98. The summed E-state index contributed by atoms with van der Waals surface area (Å²) in [6.07, 6.45) is 0. The third-order valence-corrected chi connectivity index (χ3v) is 5.26. The smallest absolute Gasteiger partial charge is 0.233 e. The zero-order chi connectivity index (χ0) is 18.5. The van der Waals surface area contributed by atoms with Crippen molar-refractivity contribution in [3.8, 4) is 11.4 Å². The minimum Gasteiger partial charge on any atom is -0.378 e. The summed E-state index contributed by atoms with van der Waals surface area (Å²) in [7, 11) is 0. The number of aromatic nitrogens is 3. The number of amides is 1. The first-order valence-corrected chi connectivity index (χ1v) is 10.1. The number of halogens is 1. The zero-order valence-electron chi connectivity index (χ0n) is 15.0. The average molecular weight is 395 g/mol. The standard InChI is InChI=1S/C18H23ClN4O2S/c1-13(2)11-23-17(14-3-5-15(19)6-4-14)20-21-18(23)26-12-16(24)22-7-9-25-10-8-22/h3-6,13H,7-12H2,1-2H3. The van der Waals surface area contributed by atoms with Crippen LogP contribution in [0.15, 0.2) is 29.4 Å². The Morgan fingerprint density at radius 3 is 2.58 bits per heavy atom. The van der Waals surface area contributed by atoms with Gasteiger partial charge in [-0.1, -0.05) is 37.2 Å². The lowest BCUT2D eigenvalue weighted by atomic mass is 10.2. The topological polar surface area (TPSA) is 60.2 Å². The van der Waals surface area contributed by atoms with Crippen LogP contribution in [0.3, 0.4) is 0 Å². The lowest BCUT2D eigenvalue weighted by Crippen LogP contribution is -2.41. The molecule has 140 valence electrons. The number of benzene rings is 1. The van der Waals surface area contributed by atoms with Gasteiger partial charge in [-0.05, 0) is 30.2 Å². The number of carbonyl (C=O) groups is 1. The average Bonchev–Trinajstić information content (AvgIpc) is 3.03. The maximum atomic E-state index is 12.4. The molecule has 0 bridgehead atoms. The van der Waals surface area contributed by atoms with Gasteiger partial charge in [-0.3, -0.25) is 4.79 Å². The largest absolute Gasteiger partial charge is 0.378 e. The molecule has 26 heavy (non-hydrogen) atoms. The normalized spacial score (nSPS) is 14.8. The van der Waals surface area contributed by atoms with E-state index < -0.39 is 0 Å². The maximum absolute atomic E-state index is 12.4. The summed E-state index contributed by atoms with van der Waals surface area (Å²) in [5, 5.41) is 10.2. The van der Waals surface area contributed by atoms with Crippen molar-refractivity contribution in [1.82, 2.24) is 19.7 Å². The SMILES string of the molecule is CC(C)Cn1c(SCC(=O)N2CCOCC2)nnc1-c1ccc(Cl)cc1. The highest BCUT2D eigenvalue weighted by atomic mass is 35.5. The predicted molar refractivity (Wildman–Crippen MR) is 103 cm³/mol. The molecule has 1 saturated heterocycles. The molecule has 1 aromatic heterocycles. The van der Waals surface area contributed by atoms with Crippen molar-refractivity contribution in [2.45, 2.75) is 25.5 Å². The van der Waals surface area contributed by atoms with Gasteiger partial charge in [0.15, 0.2) is 11.0 Å². The van der Waals surface area contributed by atoms with Crippen molar-refractivity contribution in [2.24, 2.45) is 5.92 Å². The van der Waals surface area contributed by atoms with E-state index in [-0.39, 0.29) is 5.91 Å². The van der Waals surface area contributed by atoms with Crippen LogP contribution < -0.4 is 0 Å². The summed E-state index contributed by atoms with van der Waals surface area (Å²) >= 11 is 7.43. The van der Waals surface area contributed by atoms with Crippen molar-refractivity contribution in [1.29, 1.82) is 0 Å². The number of nitrogens with zero attached hydrogens (tertiary/aromatic N) is 4. The molecule has 1 aliphatic heterocycles. The Kier molecular flexibility index (Phi) is 6.56. The van der Waals surface area contributed by atoms with Crippen molar-refractivity contribution in [2.75, 3.05) is 32.1 Å². The Bertz CT molecular complexity index is 742. The van der Waals surface area contributed by atoms with Gasteiger partial charge in [-0.25, -0.2) is 0 Å². The van der Waals surface area contributed by atoms with Gasteiger partial charge in [0.1, 0.15) is 0 Å². The summed E-state index contributed by atoms with van der Waals surface area (Å²) < 4.78 is 7.39. The van der Waals surface area contributed by atoms with Crippen LogP contribution in [0.2, 0.25) is 5.02 Å². The lowest BCUT2D eigenvalue weighted by Gasteiger charge is -2.26. The van der Waals surface area contributed by atoms with E-state index in [0.29, 0.717) is 43.0 Å². The molecule has 6 nitrogen and oxygen atoms in total. The summed E-state index contributed by atoms with van der Waals surface area (Å²) in [6.45, 7) is 7.64. The number of rotatable bonds is 6. The summed E-state index contributed by atoms with van der Waals surface area (Å²) in [5.74, 6) is 1.71. The van der Waals surface area contributed by atoms with Gasteiger partial charge in [0.2, 0.25) is 5.91 Å². The van der Waals surface area contributed by atoms with Gasteiger partial charge in [0.25, 0.3) is 0 Å². The molecular weight excluding hydrogens is 372 g/mol. The Morgan fingerprint density at radius 2 is 1.92 bits per heavy atom. The van der Waals surface area contributed by atoms with Crippen LogP contribution in [0.1, 0.15) is 13.8 Å². The van der Waals surface area contributed by atoms with Crippen molar-refractivity contribution in [3.05, 3.63) is 29.3 Å². The highest BCUT2D eigenvalue weighted by molar-refractivity contribution is 7.99. The number of carbonyl (C=O) groups excluding carboxylic acids is 1. The lowest BCUT2D eigenvalue weighted by molar-refractivity contribution is -0.132. The molecule has 3 rings (SSSR count). The molecule has 1 aromatic carbocycles. The monoisotopic (exact) mass is 394 g/mol. The van der Waals surface area contributed by atoms with E-state index in [2.05, 4.69) is 28.6 Å². The minimum absolute atomic E-state index is 0.116. The fourth-order valence-electron chi connectivity index (χ4n) is 2.77. The van der Waals surface area contributed by atoms with Crippen LogP contribution in [-0.2, 0) is 16.1 Å².